The first-order valence-corrected chi connectivity index (χ1v) is 7.48. The van der Waals surface area contributed by atoms with Crippen LogP contribution in [0.5, 0.6) is 0 Å². The number of nitrogens with zero attached hydrogens (tertiary/aromatic N) is 1. The SMILES string of the molecule is O=C(O)CC1CN(CCC(=O)NC2CC2)c2ccccc21. The van der Waals surface area contributed by atoms with Gasteiger partial charge in [0.05, 0.1) is 6.42 Å². The van der Waals surface area contributed by atoms with Crippen molar-refractivity contribution in [2.45, 2.75) is 37.6 Å². The van der Waals surface area contributed by atoms with Crippen molar-refractivity contribution in [3.8, 4) is 0 Å². The van der Waals surface area contributed by atoms with Gasteiger partial charge in [0.15, 0.2) is 0 Å². The van der Waals surface area contributed by atoms with Gasteiger partial charge in [-0.2, -0.15) is 0 Å². The number of rotatable bonds is 6. The fourth-order valence-corrected chi connectivity index (χ4v) is 2.94. The molecule has 1 aromatic carbocycles. The molecule has 1 atom stereocenters. The summed E-state index contributed by atoms with van der Waals surface area (Å²) >= 11 is 0. The zero-order chi connectivity index (χ0) is 14.8. The van der Waals surface area contributed by atoms with Crippen molar-refractivity contribution < 1.29 is 14.7 Å². The van der Waals surface area contributed by atoms with Crippen LogP contribution in [0.2, 0.25) is 0 Å². The minimum atomic E-state index is -0.775. The number of fused-ring (bicyclic) bond motifs is 1. The number of carboxylic acid groups (broad SMARTS) is 1. The Bertz CT molecular complexity index is 554. The summed E-state index contributed by atoms with van der Waals surface area (Å²) in [6.45, 7) is 1.33. The molecule has 2 aliphatic rings. The van der Waals surface area contributed by atoms with E-state index in [-0.39, 0.29) is 18.2 Å². The van der Waals surface area contributed by atoms with Gasteiger partial charge < -0.3 is 15.3 Å². The van der Waals surface area contributed by atoms with Gasteiger partial charge >= 0.3 is 5.97 Å². The Morgan fingerprint density at radius 2 is 2.05 bits per heavy atom. The van der Waals surface area contributed by atoms with Crippen molar-refractivity contribution in [3.05, 3.63) is 29.8 Å². The smallest absolute Gasteiger partial charge is 0.304 e. The monoisotopic (exact) mass is 288 g/mol. The first-order chi connectivity index (χ1) is 10.1. The highest BCUT2D eigenvalue weighted by atomic mass is 16.4. The van der Waals surface area contributed by atoms with E-state index in [2.05, 4.69) is 10.2 Å². The van der Waals surface area contributed by atoms with Crippen LogP contribution in [0.3, 0.4) is 0 Å². The van der Waals surface area contributed by atoms with Gasteiger partial charge in [0.1, 0.15) is 0 Å². The molecule has 1 heterocycles. The minimum absolute atomic E-state index is 0.0187. The minimum Gasteiger partial charge on any atom is -0.481 e. The van der Waals surface area contributed by atoms with Gasteiger partial charge in [-0.1, -0.05) is 18.2 Å². The highest BCUT2D eigenvalue weighted by Gasteiger charge is 2.30. The van der Waals surface area contributed by atoms with Crippen molar-refractivity contribution in [1.29, 1.82) is 0 Å². The molecule has 3 rings (SSSR count). The Labute approximate surface area is 123 Å². The third-order valence-corrected chi connectivity index (χ3v) is 4.13. The second-order valence-electron chi connectivity index (χ2n) is 5.89. The lowest BCUT2D eigenvalue weighted by atomic mass is 9.98. The van der Waals surface area contributed by atoms with Crippen LogP contribution in [-0.4, -0.2) is 36.1 Å². The lowest BCUT2D eigenvalue weighted by molar-refractivity contribution is -0.137. The normalized spacial score (nSPS) is 20.2. The molecule has 1 saturated carbocycles. The Kier molecular flexibility index (Phi) is 3.82. The predicted molar refractivity (Wildman–Crippen MR) is 79.4 cm³/mol. The summed E-state index contributed by atoms with van der Waals surface area (Å²) in [5.41, 5.74) is 2.16. The van der Waals surface area contributed by atoms with E-state index in [4.69, 9.17) is 5.11 Å². The van der Waals surface area contributed by atoms with Crippen LogP contribution in [-0.2, 0) is 9.59 Å². The van der Waals surface area contributed by atoms with E-state index in [9.17, 15) is 9.59 Å². The standard InChI is InChI=1S/C16H20N2O3/c19-15(17-12-5-6-12)7-8-18-10-11(9-16(20)21)13-3-1-2-4-14(13)18/h1-4,11-12H,5-10H2,(H,17,19)(H,20,21). The molecule has 2 N–H and O–H groups in total. The molecule has 5 nitrogen and oxygen atoms in total. The van der Waals surface area contributed by atoms with Gasteiger partial charge in [-0.3, -0.25) is 9.59 Å². The van der Waals surface area contributed by atoms with Crippen molar-refractivity contribution in [1.82, 2.24) is 5.32 Å². The third kappa shape index (κ3) is 3.35. The summed E-state index contributed by atoms with van der Waals surface area (Å²) in [6.07, 6.45) is 2.80. The van der Waals surface area contributed by atoms with E-state index in [0.717, 1.165) is 24.1 Å². The summed E-state index contributed by atoms with van der Waals surface area (Å²) in [7, 11) is 0. The Morgan fingerprint density at radius 3 is 2.76 bits per heavy atom. The van der Waals surface area contributed by atoms with Gasteiger partial charge in [-0.05, 0) is 24.5 Å². The molecule has 0 aromatic heterocycles. The Morgan fingerprint density at radius 1 is 1.29 bits per heavy atom. The molecule has 1 aliphatic heterocycles. The van der Waals surface area contributed by atoms with Gasteiger partial charge in [-0.25, -0.2) is 0 Å². The van der Waals surface area contributed by atoms with E-state index in [0.29, 0.717) is 25.6 Å². The second kappa shape index (κ2) is 5.76. The zero-order valence-electron chi connectivity index (χ0n) is 11.9. The predicted octanol–water partition coefficient (Wildman–Crippen LogP) is 1.73. The fraction of sp³-hybridized carbons (Fsp3) is 0.500. The largest absolute Gasteiger partial charge is 0.481 e. The Balaban J connectivity index is 1.63. The number of benzene rings is 1. The molecular formula is C16H20N2O3. The molecule has 21 heavy (non-hydrogen) atoms. The molecular weight excluding hydrogens is 268 g/mol. The van der Waals surface area contributed by atoms with Crippen molar-refractivity contribution in [2.75, 3.05) is 18.0 Å². The lowest BCUT2D eigenvalue weighted by Crippen LogP contribution is -2.31. The summed E-state index contributed by atoms with van der Waals surface area (Å²) < 4.78 is 0. The average molecular weight is 288 g/mol. The number of aliphatic carboxylic acids is 1. The maximum atomic E-state index is 11.8. The van der Waals surface area contributed by atoms with Crippen molar-refractivity contribution >= 4 is 17.6 Å². The molecule has 1 amide bonds. The quantitative estimate of drug-likeness (QED) is 0.836. The third-order valence-electron chi connectivity index (χ3n) is 4.13. The number of para-hydroxylation sites is 1. The van der Waals surface area contributed by atoms with Gasteiger partial charge in [0.25, 0.3) is 0 Å². The van der Waals surface area contributed by atoms with Crippen LogP contribution in [0.25, 0.3) is 0 Å². The van der Waals surface area contributed by atoms with Crippen LogP contribution in [0.4, 0.5) is 5.69 Å². The number of carbonyl (C=O) groups excluding carboxylic acids is 1. The number of carboxylic acids is 1. The zero-order valence-corrected chi connectivity index (χ0v) is 11.9. The van der Waals surface area contributed by atoms with E-state index < -0.39 is 5.97 Å². The van der Waals surface area contributed by atoms with Crippen LogP contribution in [0, 0.1) is 0 Å². The van der Waals surface area contributed by atoms with Crippen LogP contribution >= 0.6 is 0 Å². The molecule has 0 bridgehead atoms. The van der Waals surface area contributed by atoms with Gasteiger partial charge in [0.2, 0.25) is 5.91 Å². The summed E-state index contributed by atoms with van der Waals surface area (Å²) in [4.78, 5) is 24.9. The van der Waals surface area contributed by atoms with Crippen molar-refractivity contribution in [3.63, 3.8) is 0 Å². The summed E-state index contributed by atoms with van der Waals surface area (Å²) in [6, 6.07) is 8.29. The van der Waals surface area contributed by atoms with Gasteiger partial charge in [-0.15, -0.1) is 0 Å². The van der Waals surface area contributed by atoms with E-state index in [1.165, 1.54) is 0 Å². The van der Waals surface area contributed by atoms with E-state index >= 15 is 0 Å². The average Bonchev–Trinajstić information content (AvgIpc) is 3.19. The van der Waals surface area contributed by atoms with Crippen LogP contribution < -0.4 is 10.2 Å². The molecule has 0 saturated heterocycles. The van der Waals surface area contributed by atoms with Gasteiger partial charge in [0, 0.05) is 37.2 Å². The first kappa shape index (κ1) is 13.9. The highest BCUT2D eigenvalue weighted by Crippen LogP contribution is 2.37. The molecule has 1 aromatic rings. The molecule has 1 aliphatic carbocycles. The molecule has 1 unspecified atom stereocenters. The number of anilines is 1. The Hall–Kier alpha value is -2.04. The van der Waals surface area contributed by atoms with E-state index in [1.807, 2.05) is 24.3 Å². The molecule has 0 spiro atoms. The lowest BCUT2D eigenvalue weighted by Gasteiger charge is -2.19. The number of carbonyl (C=O) groups is 2. The van der Waals surface area contributed by atoms with E-state index in [1.54, 1.807) is 0 Å². The summed E-state index contributed by atoms with van der Waals surface area (Å²) in [5.74, 6) is -0.662. The number of nitrogens with one attached hydrogen (secondary N) is 1. The summed E-state index contributed by atoms with van der Waals surface area (Å²) in [5, 5.41) is 12.0. The number of hydrogen-bond donors (Lipinski definition) is 2. The maximum Gasteiger partial charge on any atom is 0.304 e. The molecule has 5 heteroatoms. The number of hydrogen-bond acceptors (Lipinski definition) is 3. The fourth-order valence-electron chi connectivity index (χ4n) is 2.94. The molecule has 0 radical (unpaired) electrons. The topological polar surface area (TPSA) is 69.6 Å². The maximum absolute atomic E-state index is 11.8. The first-order valence-electron chi connectivity index (χ1n) is 7.48. The number of amides is 1. The van der Waals surface area contributed by atoms with Crippen LogP contribution in [0.15, 0.2) is 24.3 Å². The molecule has 112 valence electrons. The highest BCUT2D eigenvalue weighted by molar-refractivity contribution is 5.77. The van der Waals surface area contributed by atoms with Crippen LogP contribution in [0.1, 0.15) is 37.2 Å². The second-order valence-corrected chi connectivity index (χ2v) is 5.89. The van der Waals surface area contributed by atoms with Crippen molar-refractivity contribution in [2.24, 2.45) is 0 Å². The molecule has 1 fully saturated rings.